The van der Waals surface area contributed by atoms with Crippen LogP contribution in [0.2, 0.25) is 0 Å². The Kier molecular flexibility index (Phi) is 7.77. The summed E-state index contributed by atoms with van der Waals surface area (Å²) in [6.07, 6.45) is 3.89. The number of thiocarbonyl (C=S) groups is 1. The largest absolute Gasteiger partial charge is 0.484 e. The molecule has 9 heteroatoms. The summed E-state index contributed by atoms with van der Waals surface area (Å²) < 4.78 is 32.9. The summed E-state index contributed by atoms with van der Waals surface area (Å²) in [5.74, 6) is 0.194. The Morgan fingerprint density at radius 3 is 2.29 bits per heavy atom. The predicted octanol–water partition coefficient (Wildman–Crippen LogP) is 4.30. The Balaban J connectivity index is 1.28. The van der Waals surface area contributed by atoms with Crippen molar-refractivity contribution in [2.24, 2.45) is 0 Å². The second kappa shape index (κ2) is 10.9. The van der Waals surface area contributed by atoms with Gasteiger partial charge in [0, 0.05) is 18.8 Å². The first-order valence-corrected chi connectivity index (χ1v) is 13.1. The van der Waals surface area contributed by atoms with Crippen molar-refractivity contribution in [3.05, 3.63) is 66.7 Å². The highest BCUT2D eigenvalue weighted by Crippen LogP contribution is 2.22. The molecule has 1 heterocycles. The molecule has 0 radical (unpaired) electrons. The van der Waals surface area contributed by atoms with E-state index in [4.69, 9.17) is 17.0 Å². The zero-order valence-corrected chi connectivity index (χ0v) is 20.3. The van der Waals surface area contributed by atoms with E-state index in [2.05, 4.69) is 10.6 Å². The molecule has 0 aromatic heterocycles. The number of fused-ring (bicyclic) bond motifs is 1. The zero-order valence-electron chi connectivity index (χ0n) is 18.7. The van der Waals surface area contributed by atoms with Crippen molar-refractivity contribution in [3.63, 3.8) is 0 Å². The van der Waals surface area contributed by atoms with Crippen molar-refractivity contribution in [2.45, 2.75) is 30.6 Å². The van der Waals surface area contributed by atoms with Crippen LogP contribution in [0.1, 0.15) is 25.7 Å². The van der Waals surface area contributed by atoms with Crippen LogP contribution < -0.4 is 15.4 Å². The van der Waals surface area contributed by atoms with Crippen molar-refractivity contribution in [1.82, 2.24) is 9.62 Å². The van der Waals surface area contributed by atoms with E-state index in [1.54, 1.807) is 28.6 Å². The number of ether oxygens (including phenoxy) is 1. The fraction of sp³-hybridized carbons (Fsp3) is 0.280. The van der Waals surface area contributed by atoms with Gasteiger partial charge in [-0.05, 0) is 72.2 Å². The average Bonchev–Trinajstić information content (AvgIpc) is 3.13. The van der Waals surface area contributed by atoms with E-state index in [0.717, 1.165) is 36.5 Å². The number of carbonyl (C=O) groups is 1. The van der Waals surface area contributed by atoms with Gasteiger partial charge in [0.1, 0.15) is 5.75 Å². The van der Waals surface area contributed by atoms with Crippen molar-refractivity contribution < 1.29 is 17.9 Å². The van der Waals surface area contributed by atoms with Gasteiger partial charge in [0.25, 0.3) is 5.91 Å². The van der Waals surface area contributed by atoms with Gasteiger partial charge in [-0.25, -0.2) is 8.42 Å². The first-order chi connectivity index (χ1) is 16.4. The molecule has 1 fully saturated rings. The minimum absolute atomic E-state index is 0.107. The second-order valence-electron chi connectivity index (χ2n) is 8.14. The second-order valence-corrected chi connectivity index (χ2v) is 10.5. The number of sulfonamides is 1. The highest BCUT2D eigenvalue weighted by Gasteiger charge is 2.24. The van der Waals surface area contributed by atoms with E-state index in [1.165, 1.54) is 0 Å². The van der Waals surface area contributed by atoms with Gasteiger partial charge in [0.05, 0.1) is 4.90 Å². The van der Waals surface area contributed by atoms with E-state index in [1.807, 2.05) is 42.5 Å². The Bertz CT molecular complexity index is 1270. The van der Waals surface area contributed by atoms with Gasteiger partial charge in [-0.2, -0.15) is 4.31 Å². The molecule has 178 valence electrons. The summed E-state index contributed by atoms with van der Waals surface area (Å²) >= 11 is 5.21. The highest BCUT2D eigenvalue weighted by molar-refractivity contribution is 7.89. The predicted molar refractivity (Wildman–Crippen MR) is 137 cm³/mol. The molecule has 0 unspecified atom stereocenters. The molecule has 1 aliphatic heterocycles. The molecule has 1 amide bonds. The maximum atomic E-state index is 12.9. The van der Waals surface area contributed by atoms with E-state index in [9.17, 15) is 13.2 Å². The van der Waals surface area contributed by atoms with Gasteiger partial charge in [-0.15, -0.1) is 0 Å². The minimum atomic E-state index is -3.51. The monoisotopic (exact) mass is 497 g/mol. The first kappa shape index (κ1) is 24.1. The standard InChI is InChI=1S/C25H27N3O4S2/c29-24(18-32-22-12-9-19-7-3-4-8-20(19)17-22)27-25(33)26-21-10-13-23(14-11-21)34(30,31)28-15-5-1-2-6-16-28/h3-4,7-14,17H,1-2,5-6,15-16,18H2,(H2,26,27,29,33). The summed E-state index contributed by atoms with van der Waals surface area (Å²) in [5.41, 5.74) is 0.579. The molecule has 0 aliphatic carbocycles. The van der Waals surface area contributed by atoms with Crippen molar-refractivity contribution in [1.29, 1.82) is 0 Å². The van der Waals surface area contributed by atoms with Crippen LogP contribution in [0.4, 0.5) is 5.69 Å². The molecular formula is C25H27N3O4S2. The smallest absolute Gasteiger partial charge is 0.264 e. The van der Waals surface area contributed by atoms with Crippen LogP contribution in [0.15, 0.2) is 71.6 Å². The van der Waals surface area contributed by atoms with Gasteiger partial charge in [-0.3, -0.25) is 10.1 Å². The number of anilines is 1. The lowest BCUT2D eigenvalue weighted by molar-refractivity contribution is -0.121. The number of benzene rings is 3. The van der Waals surface area contributed by atoms with E-state index >= 15 is 0 Å². The summed E-state index contributed by atoms with van der Waals surface area (Å²) in [4.78, 5) is 12.5. The van der Waals surface area contributed by atoms with Crippen molar-refractivity contribution in [3.8, 4) is 5.75 Å². The molecule has 0 saturated carbocycles. The average molecular weight is 498 g/mol. The molecule has 0 bridgehead atoms. The fourth-order valence-electron chi connectivity index (χ4n) is 3.87. The Hall–Kier alpha value is -3.01. The Morgan fingerprint density at radius 1 is 0.912 bits per heavy atom. The number of nitrogens with zero attached hydrogens (tertiary/aromatic N) is 1. The highest BCUT2D eigenvalue weighted by atomic mass is 32.2. The van der Waals surface area contributed by atoms with Crippen LogP contribution in [-0.4, -0.2) is 43.4 Å². The number of hydrogen-bond donors (Lipinski definition) is 2. The third-order valence-corrected chi connectivity index (χ3v) is 7.78. The van der Waals surface area contributed by atoms with Crippen molar-refractivity contribution in [2.75, 3.05) is 25.0 Å². The molecule has 4 rings (SSSR count). The lowest BCUT2D eigenvalue weighted by Gasteiger charge is -2.20. The number of rotatable bonds is 6. The summed E-state index contributed by atoms with van der Waals surface area (Å²) in [6.45, 7) is 0.923. The zero-order chi connectivity index (χ0) is 24.0. The number of hydrogen-bond acceptors (Lipinski definition) is 5. The quantitative estimate of drug-likeness (QED) is 0.494. The fourth-order valence-corrected chi connectivity index (χ4v) is 5.62. The van der Waals surface area contributed by atoms with Crippen LogP contribution in [0.3, 0.4) is 0 Å². The lowest BCUT2D eigenvalue weighted by atomic mass is 10.1. The van der Waals surface area contributed by atoms with E-state index in [0.29, 0.717) is 24.5 Å². The molecule has 1 aliphatic rings. The van der Waals surface area contributed by atoms with Gasteiger partial charge in [-0.1, -0.05) is 43.2 Å². The van der Waals surface area contributed by atoms with Crippen LogP contribution in [0, 0.1) is 0 Å². The normalized spacial score (nSPS) is 14.8. The van der Waals surface area contributed by atoms with Gasteiger partial charge in [0.2, 0.25) is 10.0 Å². The van der Waals surface area contributed by atoms with Crippen LogP contribution in [0.25, 0.3) is 10.8 Å². The van der Waals surface area contributed by atoms with Gasteiger partial charge in [0.15, 0.2) is 11.7 Å². The number of carbonyl (C=O) groups excluding carboxylic acids is 1. The summed E-state index contributed by atoms with van der Waals surface area (Å²) in [5, 5.41) is 7.69. The van der Waals surface area contributed by atoms with Gasteiger partial charge >= 0.3 is 0 Å². The van der Waals surface area contributed by atoms with Gasteiger partial charge < -0.3 is 10.1 Å². The van der Waals surface area contributed by atoms with Crippen LogP contribution >= 0.6 is 12.2 Å². The van der Waals surface area contributed by atoms with E-state index in [-0.39, 0.29) is 16.6 Å². The number of amides is 1. The SMILES string of the molecule is O=C(COc1ccc2ccccc2c1)NC(=S)Nc1ccc(S(=O)(=O)N2CCCCCC2)cc1. The number of nitrogens with one attached hydrogen (secondary N) is 2. The molecule has 1 saturated heterocycles. The Labute approximate surface area is 205 Å². The lowest BCUT2D eigenvalue weighted by Crippen LogP contribution is -2.37. The third kappa shape index (κ3) is 6.11. The molecule has 7 nitrogen and oxygen atoms in total. The van der Waals surface area contributed by atoms with E-state index < -0.39 is 15.9 Å². The molecule has 0 spiro atoms. The summed E-state index contributed by atoms with van der Waals surface area (Å²) in [6, 6.07) is 19.9. The third-order valence-electron chi connectivity index (χ3n) is 5.66. The molecular weight excluding hydrogens is 470 g/mol. The van der Waals surface area contributed by atoms with Crippen LogP contribution in [-0.2, 0) is 14.8 Å². The maximum absolute atomic E-state index is 12.9. The van der Waals surface area contributed by atoms with Crippen molar-refractivity contribution >= 4 is 49.7 Å². The van der Waals surface area contributed by atoms with Crippen LogP contribution in [0.5, 0.6) is 5.75 Å². The molecule has 2 N–H and O–H groups in total. The first-order valence-electron chi connectivity index (χ1n) is 11.2. The molecule has 3 aromatic rings. The molecule has 0 atom stereocenters. The summed E-state index contributed by atoms with van der Waals surface area (Å²) in [7, 11) is -3.51. The molecule has 3 aromatic carbocycles. The minimum Gasteiger partial charge on any atom is -0.484 e. The maximum Gasteiger partial charge on any atom is 0.264 e. The Morgan fingerprint density at radius 2 is 1.59 bits per heavy atom. The topological polar surface area (TPSA) is 87.7 Å². The molecule has 34 heavy (non-hydrogen) atoms.